The molecule has 0 fully saturated rings. The molecule has 2 aliphatic rings. The summed E-state index contributed by atoms with van der Waals surface area (Å²) in [7, 11) is 6.75. The molecular weight excluding hydrogens is 468 g/mol. The Kier molecular flexibility index (Phi) is 5.37. The highest BCUT2D eigenvalue weighted by Gasteiger charge is 2.79. The summed E-state index contributed by atoms with van der Waals surface area (Å²) in [6.45, 7) is 8.65. The van der Waals surface area contributed by atoms with Gasteiger partial charge in [0.05, 0.1) is 29.2 Å². The van der Waals surface area contributed by atoms with Crippen molar-refractivity contribution in [2.24, 2.45) is 10.2 Å². The molecule has 6 heteroatoms. The van der Waals surface area contributed by atoms with Crippen molar-refractivity contribution in [3.63, 3.8) is 0 Å². The molecule has 2 aliphatic heterocycles. The largest absolute Gasteiger partial charge is 0.639 e. The zero-order chi connectivity index (χ0) is 26.8. The average Bonchev–Trinajstić information content (AvgIpc) is 2.87. The van der Waals surface area contributed by atoms with Crippen molar-refractivity contribution in [2.45, 2.75) is 33.6 Å². The number of hydrogen-bond acceptors (Lipinski definition) is 3. The molecule has 1 atom stereocenters. The van der Waals surface area contributed by atoms with Crippen LogP contribution in [0, 0.1) is 27.7 Å². The number of rotatable bonds is 2. The van der Waals surface area contributed by atoms with Gasteiger partial charge < -0.3 is 0 Å². The van der Waals surface area contributed by atoms with Crippen molar-refractivity contribution >= 4 is 34.1 Å². The van der Waals surface area contributed by atoms with E-state index in [1.807, 2.05) is 0 Å². The van der Waals surface area contributed by atoms with Crippen LogP contribution in [-0.4, -0.2) is 36.4 Å². The molecule has 1 spiro atoms. The molecule has 1 unspecified atom stereocenters. The van der Waals surface area contributed by atoms with Crippen molar-refractivity contribution in [3.8, 4) is 0 Å². The van der Waals surface area contributed by atoms with Gasteiger partial charge in [0, 0.05) is 47.1 Å². The maximum Gasteiger partial charge on any atom is 0.639 e. The summed E-state index contributed by atoms with van der Waals surface area (Å²) in [5.41, 5.74) is 11.0. The van der Waals surface area contributed by atoms with Crippen molar-refractivity contribution in [2.75, 3.05) is 26.0 Å². The number of anilines is 1. The van der Waals surface area contributed by atoms with E-state index in [1.165, 1.54) is 27.9 Å². The number of nitrogens with zero attached hydrogens (tertiary/aromatic N) is 6. The average molecular weight is 504 g/mol. The smallest absolute Gasteiger partial charge is 0.194 e. The van der Waals surface area contributed by atoms with Gasteiger partial charge in [-0.05, 0) is 56.5 Å². The Labute approximate surface area is 225 Å². The Balaban J connectivity index is 1.82. The lowest BCUT2D eigenvalue weighted by Gasteiger charge is -2.45. The molecule has 6 rings (SSSR count). The van der Waals surface area contributed by atoms with Gasteiger partial charge in [-0.3, -0.25) is 0 Å². The summed E-state index contributed by atoms with van der Waals surface area (Å²) in [6, 6.07) is 29.8. The molecule has 0 aromatic heterocycles. The summed E-state index contributed by atoms with van der Waals surface area (Å²) < 4.78 is 4.83. The Morgan fingerprint density at radius 3 is 1.68 bits per heavy atom. The van der Waals surface area contributed by atoms with E-state index in [2.05, 4.69) is 148 Å². The fourth-order valence-electron chi connectivity index (χ4n) is 6.66. The molecule has 0 saturated carbocycles. The monoisotopic (exact) mass is 503 g/mol. The van der Waals surface area contributed by atoms with Gasteiger partial charge in [0.1, 0.15) is 0 Å². The van der Waals surface area contributed by atoms with Crippen LogP contribution in [0.1, 0.15) is 22.3 Å². The summed E-state index contributed by atoms with van der Waals surface area (Å²) in [4.78, 5) is 2.38. The van der Waals surface area contributed by atoms with Crippen molar-refractivity contribution in [1.82, 2.24) is 4.48 Å². The first-order valence-electron chi connectivity index (χ1n) is 13.1. The second kappa shape index (κ2) is 8.43. The number of benzene rings is 4. The van der Waals surface area contributed by atoms with Crippen molar-refractivity contribution < 1.29 is 9.39 Å². The molecule has 0 saturated heterocycles. The minimum Gasteiger partial charge on any atom is -0.194 e. The number of azo groups is 4. The van der Waals surface area contributed by atoms with E-state index in [4.69, 9.17) is 10.2 Å². The van der Waals surface area contributed by atoms with Gasteiger partial charge in [-0.15, -0.1) is 4.48 Å². The van der Waals surface area contributed by atoms with Gasteiger partial charge in [0.2, 0.25) is 11.4 Å². The number of quaternary nitrogens is 1. The molecule has 38 heavy (non-hydrogen) atoms. The van der Waals surface area contributed by atoms with Crippen LogP contribution >= 0.6 is 0 Å². The molecule has 2 heterocycles. The lowest BCUT2D eigenvalue weighted by atomic mass is 10.0. The second-order valence-electron chi connectivity index (χ2n) is 11.0. The van der Waals surface area contributed by atoms with Gasteiger partial charge in [0.15, 0.2) is 17.1 Å². The summed E-state index contributed by atoms with van der Waals surface area (Å²) in [5.74, 6) is -0.886. The first-order chi connectivity index (χ1) is 18.2. The number of para-hydroxylation sites is 2. The quantitative estimate of drug-likeness (QED) is 0.201. The standard InChI is InChI=1S/C32H35N6/c1-22-18-24(3)30-28(20-22)33-36(26-14-10-8-11-15-26)32(35(30)5)37(27-16-12-9-13-17-27)34-29-21-23(2)19-25(4)31(29)38(32,6)7/h8-21H,1-7H3/q+3. The van der Waals surface area contributed by atoms with Crippen LogP contribution in [0.15, 0.2) is 95.2 Å². The molecular formula is C32H35N6+3. The Morgan fingerprint density at radius 1 is 0.658 bits per heavy atom. The van der Waals surface area contributed by atoms with Crippen LogP contribution in [0.2, 0.25) is 0 Å². The Bertz CT molecular complexity index is 1580. The molecule has 0 aliphatic carbocycles. The zero-order valence-electron chi connectivity index (χ0n) is 23.3. The topological polar surface area (TPSA) is 34.0 Å². The van der Waals surface area contributed by atoms with E-state index in [-0.39, 0.29) is 0 Å². The molecule has 0 bridgehead atoms. The van der Waals surface area contributed by atoms with Gasteiger partial charge in [-0.1, -0.05) is 48.5 Å². The minimum absolute atomic E-state index is 0.481. The van der Waals surface area contributed by atoms with E-state index in [9.17, 15) is 0 Å². The third-order valence-corrected chi connectivity index (χ3v) is 7.93. The molecule has 0 N–H and O–H groups in total. The highest BCUT2D eigenvalue weighted by Crippen LogP contribution is 2.54. The normalized spacial score (nSPS) is 19.5. The first kappa shape index (κ1) is 24.2. The maximum absolute atomic E-state index is 5.43. The van der Waals surface area contributed by atoms with Gasteiger partial charge >= 0.3 is 5.91 Å². The van der Waals surface area contributed by atoms with Crippen LogP contribution in [0.4, 0.5) is 34.1 Å². The Hall–Kier alpha value is -4.16. The van der Waals surface area contributed by atoms with Crippen LogP contribution < -0.4 is 9.38 Å². The number of hydrogen-bond donors (Lipinski definition) is 0. The summed E-state index contributed by atoms with van der Waals surface area (Å²) in [5, 5.41) is 10.9. The van der Waals surface area contributed by atoms with Crippen LogP contribution in [0.25, 0.3) is 0 Å². The molecule has 6 nitrogen and oxygen atoms in total. The SMILES string of the molecule is Cc1cc(C)c2c(c1)N=[N+](c1ccccc1)C1(N2C)[N+](c2ccccc2)=Nc2cc(C)cc(C)c2[N+]1(C)C. The third kappa shape index (κ3) is 3.23. The molecule has 4 aromatic rings. The number of fused-ring (bicyclic) bond motifs is 2. The van der Waals surface area contributed by atoms with Crippen molar-refractivity contribution in [3.05, 3.63) is 107 Å². The molecule has 0 radical (unpaired) electrons. The highest BCUT2D eigenvalue weighted by molar-refractivity contribution is 5.75. The predicted molar refractivity (Wildman–Crippen MR) is 154 cm³/mol. The lowest BCUT2D eigenvalue weighted by molar-refractivity contribution is -0.840. The fourth-order valence-corrected chi connectivity index (χ4v) is 6.66. The van der Waals surface area contributed by atoms with E-state index in [1.54, 1.807) is 0 Å². The first-order valence-corrected chi connectivity index (χ1v) is 13.1. The van der Waals surface area contributed by atoms with Crippen LogP contribution in [0.3, 0.4) is 0 Å². The molecule has 4 aromatic carbocycles. The second-order valence-corrected chi connectivity index (χ2v) is 11.0. The lowest BCUT2D eigenvalue weighted by Crippen LogP contribution is -2.79. The maximum atomic E-state index is 5.43. The molecule has 190 valence electrons. The highest BCUT2D eigenvalue weighted by atomic mass is 15.8. The van der Waals surface area contributed by atoms with Gasteiger partial charge in [-0.25, -0.2) is 0 Å². The molecule has 0 amide bonds. The van der Waals surface area contributed by atoms with E-state index >= 15 is 0 Å². The summed E-state index contributed by atoms with van der Waals surface area (Å²) in [6.07, 6.45) is 0. The van der Waals surface area contributed by atoms with Crippen molar-refractivity contribution in [1.29, 1.82) is 0 Å². The fraction of sp³-hybridized carbons (Fsp3) is 0.250. The van der Waals surface area contributed by atoms with Gasteiger partial charge in [-0.2, -0.15) is 4.90 Å². The summed E-state index contributed by atoms with van der Waals surface area (Å²) >= 11 is 0. The Morgan fingerprint density at radius 2 is 1.13 bits per heavy atom. The van der Waals surface area contributed by atoms with E-state index in [0.717, 1.165) is 28.4 Å². The zero-order valence-corrected chi connectivity index (χ0v) is 23.3. The van der Waals surface area contributed by atoms with Crippen LogP contribution in [-0.2, 0) is 0 Å². The van der Waals surface area contributed by atoms with E-state index in [0.29, 0.717) is 4.48 Å². The van der Waals surface area contributed by atoms with Crippen LogP contribution in [0.5, 0.6) is 0 Å². The van der Waals surface area contributed by atoms with E-state index < -0.39 is 5.91 Å². The minimum atomic E-state index is -0.886. The third-order valence-electron chi connectivity index (χ3n) is 7.93. The van der Waals surface area contributed by atoms with Gasteiger partial charge in [0.25, 0.3) is 0 Å². The number of aryl methyl sites for hydroxylation is 4. The predicted octanol–water partition coefficient (Wildman–Crippen LogP) is 8.12.